The number of allylic oxidation sites excluding steroid dienone is 2. The lowest BCUT2D eigenvalue weighted by atomic mass is 9.84. The SMILES string of the molecule is Cc1ccc(C2=C(Cl)C(=CC[NH+](C)C)C(c3ccccc3)c3ccccc3O2)cc1. The number of quaternary nitrogens is 1. The second-order valence-electron chi connectivity index (χ2n) is 8.06. The van der Waals surface area contributed by atoms with Crippen LogP contribution < -0.4 is 9.64 Å². The maximum atomic E-state index is 7.12. The molecule has 152 valence electrons. The van der Waals surface area contributed by atoms with Crippen LogP contribution in [0.3, 0.4) is 0 Å². The Morgan fingerprint density at radius 2 is 1.57 bits per heavy atom. The van der Waals surface area contributed by atoms with Crippen molar-refractivity contribution in [1.82, 2.24) is 0 Å². The van der Waals surface area contributed by atoms with Crippen molar-refractivity contribution in [2.24, 2.45) is 0 Å². The zero-order valence-electron chi connectivity index (χ0n) is 17.7. The van der Waals surface area contributed by atoms with Crippen LogP contribution in [-0.2, 0) is 0 Å². The summed E-state index contributed by atoms with van der Waals surface area (Å²) < 4.78 is 6.48. The number of ether oxygens (including phenoxy) is 1. The molecule has 1 N–H and O–H groups in total. The van der Waals surface area contributed by atoms with Crippen molar-refractivity contribution < 1.29 is 9.64 Å². The topological polar surface area (TPSA) is 13.7 Å². The molecule has 3 heteroatoms. The molecule has 0 amide bonds. The molecular weight excluding hydrogens is 390 g/mol. The molecule has 1 unspecified atom stereocenters. The average Bonchev–Trinajstić information content (AvgIpc) is 2.88. The predicted molar refractivity (Wildman–Crippen MR) is 125 cm³/mol. The zero-order chi connectivity index (χ0) is 21.1. The summed E-state index contributed by atoms with van der Waals surface area (Å²) in [5.41, 5.74) is 5.61. The van der Waals surface area contributed by atoms with Crippen LogP contribution in [0, 0.1) is 6.92 Å². The summed E-state index contributed by atoms with van der Waals surface area (Å²) >= 11 is 7.12. The largest absolute Gasteiger partial charge is 0.455 e. The minimum absolute atomic E-state index is 0.0113. The average molecular weight is 417 g/mol. The van der Waals surface area contributed by atoms with Crippen LogP contribution in [0.2, 0.25) is 0 Å². The van der Waals surface area contributed by atoms with Gasteiger partial charge in [-0.1, -0.05) is 90.0 Å². The Hall–Kier alpha value is -2.81. The Labute approximate surface area is 184 Å². The third-order valence-corrected chi connectivity index (χ3v) is 5.77. The van der Waals surface area contributed by atoms with Gasteiger partial charge in [-0.25, -0.2) is 0 Å². The zero-order valence-corrected chi connectivity index (χ0v) is 18.4. The molecule has 0 spiro atoms. The third kappa shape index (κ3) is 4.21. The van der Waals surface area contributed by atoms with E-state index in [0.29, 0.717) is 10.8 Å². The van der Waals surface area contributed by atoms with Crippen molar-refractivity contribution in [2.75, 3.05) is 20.6 Å². The van der Waals surface area contributed by atoms with Gasteiger partial charge in [-0.05, 0) is 30.2 Å². The van der Waals surface area contributed by atoms with Gasteiger partial charge in [-0.2, -0.15) is 0 Å². The van der Waals surface area contributed by atoms with E-state index in [4.69, 9.17) is 16.3 Å². The number of fused-ring (bicyclic) bond motifs is 1. The van der Waals surface area contributed by atoms with E-state index in [-0.39, 0.29) is 5.92 Å². The molecule has 0 fully saturated rings. The van der Waals surface area contributed by atoms with E-state index in [1.807, 2.05) is 18.2 Å². The summed E-state index contributed by atoms with van der Waals surface area (Å²) in [4.78, 5) is 1.34. The van der Waals surface area contributed by atoms with E-state index < -0.39 is 0 Å². The van der Waals surface area contributed by atoms with Gasteiger partial charge < -0.3 is 9.64 Å². The van der Waals surface area contributed by atoms with Gasteiger partial charge in [0.05, 0.1) is 25.7 Å². The highest BCUT2D eigenvalue weighted by Gasteiger charge is 2.30. The van der Waals surface area contributed by atoms with E-state index in [1.165, 1.54) is 16.0 Å². The van der Waals surface area contributed by atoms with E-state index in [9.17, 15) is 0 Å². The number of benzene rings is 3. The van der Waals surface area contributed by atoms with Gasteiger partial charge in [0.25, 0.3) is 0 Å². The summed E-state index contributed by atoms with van der Waals surface area (Å²) in [6, 6.07) is 27.1. The summed E-state index contributed by atoms with van der Waals surface area (Å²) in [5, 5.41) is 0.671. The van der Waals surface area contributed by atoms with Crippen LogP contribution >= 0.6 is 11.6 Å². The van der Waals surface area contributed by atoms with Crippen molar-refractivity contribution in [3.63, 3.8) is 0 Å². The van der Waals surface area contributed by atoms with E-state index in [0.717, 1.165) is 29.0 Å². The summed E-state index contributed by atoms with van der Waals surface area (Å²) in [6.07, 6.45) is 2.26. The minimum atomic E-state index is 0.0113. The number of hydrogen-bond acceptors (Lipinski definition) is 1. The van der Waals surface area contributed by atoms with Crippen molar-refractivity contribution in [3.05, 3.63) is 118 Å². The van der Waals surface area contributed by atoms with Gasteiger partial charge in [0.15, 0.2) is 5.76 Å². The fourth-order valence-corrected chi connectivity index (χ4v) is 4.14. The molecule has 4 rings (SSSR count). The molecule has 0 saturated carbocycles. The first-order chi connectivity index (χ1) is 14.5. The highest BCUT2D eigenvalue weighted by atomic mass is 35.5. The number of likely N-dealkylation sites (N-methyl/N-ethyl adjacent to an activating group) is 1. The third-order valence-electron chi connectivity index (χ3n) is 5.38. The fraction of sp³-hybridized carbons (Fsp3) is 0.185. The van der Waals surface area contributed by atoms with E-state index in [2.05, 4.69) is 87.8 Å². The summed E-state index contributed by atoms with van der Waals surface area (Å²) in [5.74, 6) is 1.57. The van der Waals surface area contributed by atoms with Gasteiger partial charge in [0.2, 0.25) is 0 Å². The standard InChI is InChI=1S/C27H26ClNO/c1-19-13-15-21(16-14-19)27-26(28)23(17-18-29(2)3)25(20-9-5-4-6-10-20)22-11-7-8-12-24(22)30-27/h4-17,25H,18H2,1-3H3/p+1. The Bertz CT molecular complexity index is 1080. The Kier molecular flexibility index (Phi) is 6.08. The van der Waals surface area contributed by atoms with E-state index >= 15 is 0 Å². The molecule has 1 aliphatic heterocycles. The molecule has 1 aliphatic rings. The smallest absolute Gasteiger partial charge is 0.153 e. The molecule has 2 nitrogen and oxygen atoms in total. The lowest BCUT2D eigenvalue weighted by molar-refractivity contribution is -0.851. The second kappa shape index (κ2) is 8.91. The van der Waals surface area contributed by atoms with Crippen LogP contribution in [0.4, 0.5) is 0 Å². The molecular formula is C27H27ClNO+. The normalized spacial score (nSPS) is 17.6. The Morgan fingerprint density at radius 1 is 0.900 bits per heavy atom. The number of hydrogen-bond donors (Lipinski definition) is 1. The predicted octanol–water partition coefficient (Wildman–Crippen LogP) is 5.20. The molecule has 0 aromatic heterocycles. The van der Waals surface area contributed by atoms with Gasteiger partial charge in [-0.15, -0.1) is 0 Å². The highest BCUT2D eigenvalue weighted by molar-refractivity contribution is 6.35. The molecule has 0 bridgehead atoms. The molecule has 30 heavy (non-hydrogen) atoms. The van der Waals surface area contributed by atoms with Gasteiger partial charge in [0, 0.05) is 17.0 Å². The van der Waals surface area contributed by atoms with Crippen molar-refractivity contribution in [3.8, 4) is 5.75 Å². The van der Waals surface area contributed by atoms with Crippen LogP contribution in [0.15, 0.2) is 95.5 Å². The molecule has 1 heterocycles. The molecule has 3 aromatic carbocycles. The lowest BCUT2D eigenvalue weighted by Gasteiger charge is -2.21. The maximum Gasteiger partial charge on any atom is 0.153 e. The van der Waals surface area contributed by atoms with Crippen LogP contribution in [0.5, 0.6) is 5.75 Å². The summed E-state index contributed by atoms with van der Waals surface area (Å²) in [7, 11) is 4.29. The van der Waals surface area contributed by atoms with Crippen molar-refractivity contribution >= 4 is 17.4 Å². The molecule has 3 aromatic rings. The minimum Gasteiger partial charge on any atom is -0.455 e. The van der Waals surface area contributed by atoms with Gasteiger partial charge in [-0.3, -0.25) is 0 Å². The number of aryl methyl sites for hydroxylation is 1. The second-order valence-corrected chi connectivity index (χ2v) is 8.44. The number of para-hydroxylation sites is 1. The van der Waals surface area contributed by atoms with Crippen LogP contribution in [-0.4, -0.2) is 20.6 Å². The number of halogens is 1. The number of rotatable bonds is 4. The van der Waals surface area contributed by atoms with Crippen LogP contribution in [0.25, 0.3) is 5.76 Å². The number of nitrogens with one attached hydrogen (secondary N) is 1. The highest BCUT2D eigenvalue weighted by Crippen LogP contribution is 2.47. The molecule has 0 aliphatic carbocycles. The van der Waals surface area contributed by atoms with E-state index in [1.54, 1.807) is 0 Å². The molecule has 0 saturated heterocycles. The summed E-state index contributed by atoms with van der Waals surface area (Å²) in [6.45, 7) is 2.96. The lowest BCUT2D eigenvalue weighted by Crippen LogP contribution is -3.05. The monoisotopic (exact) mass is 416 g/mol. The Morgan fingerprint density at radius 3 is 2.27 bits per heavy atom. The first-order valence-corrected chi connectivity index (χ1v) is 10.7. The quantitative estimate of drug-likeness (QED) is 0.617. The van der Waals surface area contributed by atoms with Crippen molar-refractivity contribution in [2.45, 2.75) is 12.8 Å². The molecule has 1 atom stereocenters. The van der Waals surface area contributed by atoms with Crippen LogP contribution in [0.1, 0.15) is 28.2 Å². The van der Waals surface area contributed by atoms with Gasteiger partial charge >= 0.3 is 0 Å². The fourth-order valence-electron chi connectivity index (χ4n) is 3.81. The Balaban J connectivity index is 1.97. The maximum absolute atomic E-state index is 7.12. The van der Waals surface area contributed by atoms with Gasteiger partial charge in [0.1, 0.15) is 5.75 Å². The first-order valence-electron chi connectivity index (χ1n) is 10.3. The van der Waals surface area contributed by atoms with Crippen molar-refractivity contribution in [1.29, 1.82) is 0 Å². The first kappa shape index (κ1) is 20.5. The molecule has 0 radical (unpaired) electrons.